The van der Waals surface area contributed by atoms with Crippen LogP contribution in [-0.2, 0) is 0 Å². The minimum absolute atomic E-state index is 0.566. The first kappa shape index (κ1) is 14.5. The van der Waals surface area contributed by atoms with E-state index in [0.29, 0.717) is 0 Å². The predicted molar refractivity (Wildman–Crippen MR) is 70.5 cm³/mol. The first-order valence-corrected chi connectivity index (χ1v) is 6.00. The van der Waals surface area contributed by atoms with Crippen LogP contribution in [0.5, 0.6) is 0 Å². The first-order chi connectivity index (χ1) is 8.25. The summed E-state index contributed by atoms with van der Waals surface area (Å²) in [5.41, 5.74) is 0.216. The third kappa shape index (κ3) is 3.23. The summed E-state index contributed by atoms with van der Waals surface area (Å²) in [5, 5.41) is 19.3. The fourth-order valence-corrected chi connectivity index (χ4v) is 2.12. The molecule has 1 rings (SSSR count). The van der Waals surface area contributed by atoms with Crippen molar-refractivity contribution >= 4 is 6.09 Å². The van der Waals surface area contributed by atoms with Crippen LogP contribution < -0.4 is 0 Å². The fraction of sp³-hybridized carbons (Fsp3) is 0.500. The smallest absolute Gasteiger partial charge is 0.408 e. The zero-order valence-corrected chi connectivity index (χ0v) is 11.3. The molecule has 18 heavy (non-hydrogen) atoms. The fourth-order valence-electron chi connectivity index (χ4n) is 2.12. The number of benzene rings is 1. The number of aliphatic hydroxyl groups excluding tert-OH is 1. The first-order valence-electron chi connectivity index (χ1n) is 6.00. The van der Waals surface area contributed by atoms with Crippen molar-refractivity contribution in [3.63, 3.8) is 0 Å². The Bertz CT molecular complexity index is 395. The predicted octanol–water partition coefficient (Wildman–Crippen LogP) is 2.89. The standard InChI is InChI=1S/C14H21NO3/c1-10(16)12(11-8-6-5-7-9-11)15(13(17)18)14(2,3)4/h5-10,12,16H,1-4H3,(H,17,18)/t10-,12-/m1/s1. The minimum Gasteiger partial charge on any atom is -0.465 e. The van der Waals surface area contributed by atoms with Gasteiger partial charge in [0.2, 0.25) is 0 Å². The van der Waals surface area contributed by atoms with E-state index in [1.54, 1.807) is 6.92 Å². The van der Waals surface area contributed by atoms with E-state index in [0.717, 1.165) is 5.56 Å². The topological polar surface area (TPSA) is 60.8 Å². The molecule has 0 saturated carbocycles. The van der Waals surface area contributed by atoms with Gasteiger partial charge in [-0.15, -0.1) is 0 Å². The minimum atomic E-state index is -1.03. The Kier molecular flexibility index (Phi) is 4.35. The van der Waals surface area contributed by atoms with Crippen molar-refractivity contribution in [2.24, 2.45) is 0 Å². The Balaban J connectivity index is 3.23. The van der Waals surface area contributed by atoms with Crippen molar-refractivity contribution in [1.29, 1.82) is 0 Å². The van der Waals surface area contributed by atoms with Crippen molar-refractivity contribution < 1.29 is 15.0 Å². The van der Waals surface area contributed by atoms with Crippen molar-refractivity contribution in [1.82, 2.24) is 4.90 Å². The summed E-state index contributed by atoms with van der Waals surface area (Å²) in [6, 6.07) is 8.65. The van der Waals surface area contributed by atoms with Gasteiger partial charge < -0.3 is 10.2 Å². The van der Waals surface area contributed by atoms with E-state index in [1.165, 1.54) is 4.90 Å². The van der Waals surface area contributed by atoms with Gasteiger partial charge in [-0.25, -0.2) is 4.79 Å². The molecule has 0 aliphatic heterocycles. The zero-order valence-electron chi connectivity index (χ0n) is 11.3. The van der Waals surface area contributed by atoms with Crippen LogP contribution in [0.3, 0.4) is 0 Å². The number of amides is 1. The Morgan fingerprint density at radius 1 is 1.22 bits per heavy atom. The van der Waals surface area contributed by atoms with Crippen molar-refractivity contribution in [2.45, 2.75) is 45.4 Å². The molecule has 0 aliphatic rings. The summed E-state index contributed by atoms with van der Waals surface area (Å²) < 4.78 is 0. The van der Waals surface area contributed by atoms with E-state index in [2.05, 4.69) is 0 Å². The highest BCUT2D eigenvalue weighted by molar-refractivity contribution is 5.67. The van der Waals surface area contributed by atoms with Crippen LogP contribution in [0.15, 0.2) is 30.3 Å². The second-order valence-corrected chi connectivity index (χ2v) is 5.42. The van der Waals surface area contributed by atoms with E-state index in [-0.39, 0.29) is 0 Å². The van der Waals surface area contributed by atoms with E-state index in [4.69, 9.17) is 0 Å². The lowest BCUT2D eigenvalue weighted by atomic mass is 9.95. The molecule has 0 aromatic heterocycles. The molecule has 100 valence electrons. The monoisotopic (exact) mass is 251 g/mol. The lowest BCUT2D eigenvalue weighted by Gasteiger charge is -2.41. The average Bonchev–Trinajstić information content (AvgIpc) is 2.24. The van der Waals surface area contributed by atoms with E-state index in [1.807, 2.05) is 51.1 Å². The van der Waals surface area contributed by atoms with Gasteiger partial charge in [-0.3, -0.25) is 4.90 Å². The molecule has 0 fully saturated rings. The summed E-state index contributed by atoms with van der Waals surface area (Å²) in [6.45, 7) is 7.07. The number of hydrogen-bond donors (Lipinski definition) is 2. The molecule has 2 N–H and O–H groups in total. The van der Waals surface area contributed by atoms with Crippen LogP contribution in [0.25, 0.3) is 0 Å². The molecule has 0 saturated heterocycles. The Hall–Kier alpha value is -1.55. The molecule has 0 heterocycles. The van der Waals surface area contributed by atoms with E-state index < -0.39 is 23.8 Å². The second kappa shape index (κ2) is 5.40. The van der Waals surface area contributed by atoms with E-state index in [9.17, 15) is 15.0 Å². The van der Waals surface area contributed by atoms with Gasteiger partial charge in [0, 0.05) is 5.54 Å². The van der Waals surface area contributed by atoms with Crippen molar-refractivity contribution in [3.05, 3.63) is 35.9 Å². The number of hydrogen-bond acceptors (Lipinski definition) is 2. The summed E-state index contributed by atoms with van der Waals surface area (Å²) in [6.07, 6.45) is -1.81. The third-order valence-electron chi connectivity index (χ3n) is 2.80. The van der Waals surface area contributed by atoms with Crippen molar-refractivity contribution in [2.75, 3.05) is 0 Å². The molecule has 1 aromatic carbocycles. The highest BCUT2D eigenvalue weighted by Crippen LogP contribution is 2.31. The average molecular weight is 251 g/mol. The highest BCUT2D eigenvalue weighted by atomic mass is 16.4. The molecule has 2 atom stereocenters. The molecule has 4 heteroatoms. The van der Waals surface area contributed by atoms with Crippen LogP contribution in [0, 0.1) is 0 Å². The summed E-state index contributed by atoms with van der Waals surface area (Å²) in [5.74, 6) is 0. The maximum absolute atomic E-state index is 11.5. The number of aliphatic hydroxyl groups is 1. The molecular weight excluding hydrogens is 230 g/mol. The zero-order chi connectivity index (χ0) is 13.9. The van der Waals surface area contributed by atoms with Crippen LogP contribution >= 0.6 is 0 Å². The third-order valence-corrected chi connectivity index (χ3v) is 2.80. The number of carbonyl (C=O) groups is 1. The summed E-state index contributed by atoms with van der Waals surface area (Å²) in [4.78, 5) is 12.8. The number of rotatable bonds is 3. The normalized spacial score (nSPS) is 14.9. The van der Waals surface area contributed by atoms with Crippen LogP contribution in [-0.4, -0.2) is 32.8 Å². The second-order valence-electron chi connectivity index (χ2n) is 5.42. The Labute approximate surface area is 108 Å². The number of carboxylic acid groups (broad SMARTS) is 1. The highest BCUT2D eigenvalue weighted by Gasteiger charge is 2.36. The van der Waals surface area contributed by atoms with Gasteiger partial charge in [-0.05, 0) is 33.3 Å². The SMILES string of the molecule is C[C@@H](O)[C@H](c1ccccc1)N(C(=O)O)C(C)(C)C. The summed E-state index contributed by atoms with van der Waals surface area (Å²) in [7, 11) is 0. The molecule has 0 unspecified atom stereocenters. The molecule has 4 nitrogen and oxygen atoms in total. The van der Waals surface area contributed by atoms with Gasteiger partial charge in [0.1, 0.15) is 0 Å². The van der Waals surface area contributed by atoms with Gasteiger partial charge in [0.25, 0.3) is 0 Å². The van der Waals surface area contributed by atoms with Gasteiger partial charge >= 0.3 is 6.09 Å². The van der Waals surface area contributed by atoms with Gasteiger partial charge in [-0.2, -0.15) is 0 Å². The molecule has 0 bridgehead atoms. The number of nitrogens with zero attached hydrogens (tertiary/aromatic N) is 1. The maximum atomic E-state index is 11.5. The lowest BCUT2D eigenvalue weighted by molar-refractivity contribution is 0.0132. The van der Waals surface area contributed by atoms with Crippen LogP contribution in [0.4, 0.5) is 4.79 Å². The quantitative estimate of drug-likeness (QED) is 0.868. The molecular formula is C14H21NO3. The molecule has 0 spiro atoms. The molecule has 1 amide bonds. The summed E-state index contributed by atoms with van der Waals surface area (Å²) >= 11 is 0. The van der Waals surface area contributed by atoms with Crippen LogP contribution in [0.1, 0.15) is 39.3 Å². The van der Waals surface area contributed by atoms with Gasteiger partial charge in [0.05, 0.1) is 12.1 Å². The van der Waals surface area contributed by atoms with Gasteiger partial charge in [-0.1, -0.05) is 30.3 Å². The van der Waals surface area contributed by atoms with E-state index >= 15 is 0 Å². The Morgan fingerprint density at radius 2 is 1.72 bits per heavy atom. The molecule has 0 aliphatic carbocycles. The largest absolute Gasteiger partial charge is 0.465 e. The lowest BCUT2D eigenvalue weighted by Crippen LogP contribution is -2.50. The van der Waals surface area contributed by atoms with Gasteiger partial charge in [0.15, 0.2) is 0 Å². The van der Waals surface area contributed by atoms with Crippen LogP contribution in [0.2, 0.25) is 0 Å². The Morgan fingerprint density at radius 3 is 2.06 bits per heavy atom. The van der Waals surface area contributed by atoms with Crippen molar-refractivity contribution in [3.8, 4) is 0 Å². The maximum Gasteiger partial charge on any atom is 0.408 e. The molecule has 1 aromatic rings. The molecule has 0 radical (unpaired) electrons.